The molecule has 0 saturated heterocycles. The first-order valence-corrected chi connectivity index (χ1v) is 8.76. The molecule has 0 unspecified atom stereocenters. The number of nitrogen functional groups attached to an aromatic ring is 1. The van der Waals surface area contributed by atoms with Gasteiger partial charge in [0.2, 0.25) is 0 Å². The zero-order valence-corrected chi connectivity index (χ0v) is 15.1. The topological polar surface area (TPSA) is 83.2 Å². The molecular formula is C19H16N4O2S. The third kappa shape index (κ3) is 2.82. The molecule has 0 aliphatic carbocycles. The first-order valence-electron chi connectivity index (χ1n) is 7.88. The van der Waals surface area contributed by atoms with E-state index in [2.05, 4.69) is 15.0 Å². The third-order valence-electron chi connectivity index (χ3n) is 4.07. The fourth-order valence-corrected chi connectivity index (χ4v) is 3.52. The van der Waals surface area contributed by atoms with Crippen molar-refractivity contribution in [1.29, 1.82) is 0 Å². The molecule has 0 amide bonds. The fourth-order valence-electron chi connectivity index (χ4n) is 2.83. The second kappa shape index (κ2) is 6.61. The Bertz CT molecular complexity index is 1060. The van der Waals surface area contributed by atoms with Gasteiger partial charge in [-0.05, 0) is 40.8 Å². The van der Waals surface area contributed by atoms with E-state index in [4.69, 9.17) is 15.2 Å². The number of benzene rings is 1. The molecule has 3 heterocycles. The number of nitrogens with zero attached hydrogens (tertiary/aromatic N) is 3. The quantitative estimate of drug-likeness (QED) is 0.589. The first kappa shape index (κ1) is 16.3. The van der Waals surface area contributed by atoms with Crippen LogP contribution in [0.5, 0.6) is 11.5 Å². The van der Waals surface area contributed by atoms with Crippen molar-refractivity contribution in [1.82, 2.24) is 15.0 Å². The van der Waals surface area contributed by atoms with Crippen molar-refractivity contribution in [2.75, 3.05) is 20.0 Å². The van der Waals surface area contributed by atoms with Crippen molar-refractivity contribution in [3.63, 3.8) is 0 Å². The molecule has 0 aliphatic rings. The molecule has 0 spiro atoms. The lowest BCUT2D eigenvalue weighted by atomic mass is 10.0. The van der Waals surface area contributed by atoms with Crippen LogP contribution in [-0.4, -0.2) is 29.2 Å². The molecule has 0 bridgehead atoms. The summed E-state index contributed by atoms with van der Waals surface area (Å²) in [5, 5.41) is 2.73. The van der Waals surface area contributed by atoms with Gasteiger partial charge in [0.15, 0.2) is 5.65 Å². The maximum Gasteiger partial charge on any atom is 0.165 e. The van der Waals surface area contributed by atoms with Crippen LogP contribution in [0, 0.1) is 0 Å². The minimum Gasteiger partial charge on any atom is -0.497 e. The van der Waals surface area contributed by atoms with Crippen LogP contribution in [0.15, 0.2) is 48.1 Å². The lowest BCUT2D eigenvalue weighted by Gasteiger charge is -2.12. The highest BCUT2D eigenvalue weighted by atomic mass is 32.1. The molecule has 0 saturated carbocycles. The molecule has 2 N–H and O–H groups in total. The molecule has 4 aromatic rings. The SMILES string of the molecule is COc1cc(OC)cc(-c2cc(-c3cccs3)nc3ncnc(N)c23)c1. The fraction of sp³-hybridized carbons (Fsp3) is 0.105. The number of hydrogen-bond acceptors (Lipinski definition) is 7. The first-order chi connectivity index (χ1) is 12.7. The van der Waals surface area contributed by atoms with Crippen molar-refractivity contribution in [3.8, 4) is 33.2 Å². The zero-order chi connectivity index (χ0) is 18.1. The molecule has 3 aromatic heterocycles. The Morgan fingerprint density at radius 1 is 1.00 bits per heavy atom. The Morgan fingerprint density at radius 2 is 1.77 bits per heavy atom. The standard InChI is InChI=1S/C19H16N4O2S/c1-24-12-6-11(7-13(8-12)25-2)14-9-15(16-4-3-5-26-16)23-19-17(14)18(20)21-10-22-19/h3-10H,1-2H3,(H2,20,21,22,23). The Labute approximate surface area is 154 Å². The van der Waals surface area contributed by atoms with Crippen LogP contribution in [0.3, 0.4) is 0 Å². The highest BCUT2D eigenvalue weighted by molar-refractivity contribution is 7.13. The number of nitrogens with two attached hydrogens (primary N) is 1. The van der Waals surface area contributed by atoms with Crippen LogP contribution in [0.1, 0.15) is 0 Å². The van der Waals surface area contributed by atoms with E-state index in [-0.39, 0.29) is 0 Å². The summed E-state index contributed by atoms with van der Waals surface area (Å²) in [4.78, 5) is 14.2. The van der Waals surface area contributed by atoms with Crippen LogP contribution in [0.2, 0.25) is 0 Å². The summed E-state index contributed by atoms with van der Waals surface area (Å²) in [7, 11) is 3.25. The summed E-state index contributed by atoms with van der Waals surface area (Å²) in [5.41, 5.74) is 9.32. The van der Waals surface area contributed by atoms with Gasteiger partial charge in [-0.3, -0.25) is 0 Å². The van der Waals surface area contributed by atoms with Gasteiger partial charge >= 0.3 is 0 Å². The Balaban J connectivity index is 2.05. The smallest absolute Gasteiger partial charge is 0.165 e. The molecule has 0 fully saturated rings. The molecular weight excluding hydrogens is 348 g/mol. The summed E-state index contributed by atoms with van der Waals surface area (Å²) in [6.45, 7) is 0. The molecule has 7 heteroatoms. The van der Waals surface area contributed by atoms with Gasteiger partial charge in [-0.1, -0.05) is 6.07 Å². The van der Waals surface area contributed by atoms with Crippen LogP contribution in [0.25, 0.3) is 32.7 Å². The van der Waals surface area contributed by atoms with E-state index in [1.807, 2.05) is 41.8 Å². The molecule has 0 atom stereocenters. The number of pyridine rings is 1. The van der Waals surface area contributed by atoms with Gasteiger partial charge in [0.05, 0.1) is 30.2 Å². The number of anilines is 1. The van der Waals surface area contributed by atoms with Gasteiger partial charge < -0.3 is 15.2 Å². The van der Waals surface area contributed by atoms with E-state index in [1.54, 1.807) is 25.6 Å². The van der Waals surface area contributed by atoms with Crippen molar-refractivity contribution in [2.45, 2.75) is 0 Å². The summed E-state index contributed by atoms with van der Waals surface area (Å²) < 4.78 is 10.8. The molecule has 26 heavy (non-hydrogen) atoms. The van der Waals surface area contributed by atoms with Crippen LogP contribution < -0.4 is 15.2 Å². The molecule has 6 nitrogen and oxygen atoms in total. The number of fused-ring (bicyclic) bond motifs is 1. The molecule has 4 rings (SSSR count). The van der Waals surface area contributed by atoms with E-state index in [9.17, 15) is 0 Å². The van der Waals surface area contributed by atoms with Crippen LogP contribution in [0.4, 0.5) is 5.82 Å². The van der Waals surface area contributed by atoms with E-state index in [1.165, 1.54) is 6.33 Å². The maximum absolute atomic E-state index is 6.15. The molecule has 0 aliphatic heterocycles. The van der Waals surface area contributed by atoms with Crippen molar-refractivity contribution in [2.24, 2.45) is 0 Å². The number of hydrogen-bond donors (Lipinski definition) is 1. The minimum absolute atomic E-state index is 0.386. The van der Waals surface area contributed by atoms with Crippen molar-refractivity contribution in [3.05, 3.63) is 48.1 Å². The summed E-state index contributed by atoms with van der Waals surface area (Å²) in [6, 6.07) is 11.7. The largest absolute Gasteiger partial charge is 0.497 e. The highest BCUT2D eigenvalue weighted by Gasteiger charge is 2.15. The normalized spacial score (nSPS) is 10.8. The lowest BCUT2D eigenvalue weighted by Crippen LogP contribution is -1.99. The van der Waals surface area contributed by atoms with Gasteiger partial charge in [-0.25, -0.2) is 15.0 Å². The maximum atomic E-state index is 6.15. The highest BCUT2D eigenvalue weighted by Crippen LogP contribution is 2.37. The zero-order valence-electron chi connectivity index (χ0n) is 14.3. The summed E-state index contributed by atoms with van der Waals surface area (Å²) in [6.07, 6.45) is 1.43. The average Bonchev–Trinajstić information content (AvgIpc) is 3.21. The number of methoxy groups -OCH3 is 2. The van der Waals surface area contributed by atoms with Crippen molar-refractivity contribution >= 4 is 28.2 Å². The lowest BCUT2D eigenvalue weighted by molar-refractivity contribution is 0.394. The van der Waals surface area contributed by atoms with E-state index in [0.29, 0.717) is 28.4 Å². The van der Waals surface area contributed by atoms with Crippen LogP contribution in [-0.2, 0) is 0 Å². The molecule has 0 radical (unpaired) electrons. The molecule has 130 valence electrons. The number of rotatable bonds is 4. The summed E-state index contributed by atoms with van der Waals surface area (Å²) in [5.74, 6) is 1.77. The van der Waals surface area contributed by atoms with E-state index >= 15 is 0 Å². The number of ether oxygens (including phenoxy) is 2. The predicted octanol–water partition coefficient (Wildman–Crippen LogP) is 4.02. The Morgan fingerprint density at radius 3 is 2.42 bits per heavy atom. The summed E-state index contributed by atoms with van der Waals surface area (Å²) >= 11 is 1.62. The van der Waals surface area contributed by atoms with Crippen molar-refractivity contribution < 1.29 is 9.47 Å². The monoisotopic (exact) mass is 364 g/mol. The van der Waals surface area contributed by atoms with E-state index < -0.39 is 0 Å². The second-order valence-electron chi connectivity index (χ2n) is 5.59. The van der Waals surface area contributed by atoms with E-state index in [0.717, 1.165) is 21.7 Å². The predicted molar refractivity (Wildman–Crippen MR) is 104 cm³/mol. The molecule has 1 aromatic carbocycles. The average molecular weight is 364 g/mol. The van der Waals surface area contributed by atoms with Gasteiger partial charge in [0.25, 0.3) is 0 Å². The Kier molecular flexibility index (Phi) is 4.14. The minimum atomic E-state index is 0.386. The van der Waals surface area contributed by atoms with Crippen LogP contribution >= 0.6 is 11.3 Å². The van der Waals surface area contributed by atoms with Gasteiger partial charge in [-0.15, -0.1) is 11.3 Å². The van der Waals surface area contributed by atoms with Gasteiger partial charge in [0.1, 0.15) is 23.6 Å². The third-order valence-corrected chi connectivity index (χ3v) is 4.96. The number of aromatic nitrogens is 3. The Hall–Kier alpha value is -3.19. The number of thiophene rings is 1. The van der Waals surface area contributed by atoms with Gasteiger partial charge in [0, 0.05) is 6.07 Å². The second-order valence-corrected chi connectivity index (χ2v) is 6.54. The van der Waals surface area contributed by atoms with Gasteiger partial charge in [-0.2, -0.15) is 0 Å².